The number of fused-ring (bicyclic) bond motifs is 2. The lowest BCUT2D eigenvalue weighted by Gasteiger charge is -2.14. The summed E-state index contributed by atoms with van der Waals surface area (Å²) in [7, 11) is 0. The molecule has 1 heterocycles. The van der Waals surface area contributed by atoms with Crippen LogP contribution < -0.4 is 0 Å². The van der Waals surface area contributed by atoms with E-state index in [1.807, 2.05) is 48.5 Å². The first-order valence-electron chi connectivity index (χ1n) is 14.9. The van der Waals surface area contributed by atoms with Crippen molar-refractivity contribution in [3.8, 4) is 56.4 Å². The molecule has 3 nitrogen and oxygen atoms in total. The number of hydrogen-bond acceptors (Lipinski definition) is 3. The highest BCUT2D eigenvalue weighted by molar-refractivity contribution is 6.42. The Morgan fingerprint density at radius 2 is 0.600 bits per heavy atom. The van der Waals surface area contributed by atoms with Gasteiger partial charge in [-0.25, -0.2) is 15.0 Å². The zero-order valence-corrected chi connectivity index (χ0v) is 25.0. The molecule has 0 aliphatic carbocycles. The summed E-state index contributed by atoms with van der Waals surface area (Å²) in [4.78, 5) is 14.8. The molecule has 0 unspecified atom stereocenters. The Kier molecular flexibility index (Phi) is 6.86. The molecule has 0 atom stereocenters. The normalized spacial score (nSPS) is 11.2. The standard InChI is InChI=1S/C41H26ClN3/c42-38-35-17-9-7-15-33(35)37(34-16-8-10-18-36(34)38)29-21-25-32(26-22-29)41-44-39(30-13-5-2-6-14-30)43-40(45-41)31-23-19-28(20-24-31)27-11-3-1-4-12-27/h1-26H. The van der Waals surface area contributed by atoms with E-state index in [9.17, 15) is 0 Å². The van der Waals surface area contributed by atoms with Crippen LogP contribution in [0.15, 0.2) is 158 Å². The van der Waals surface area contributed by atoms with Crippen molar-refractivity contribution >= 4 is 33.1 Å². The third kappa shape index (κ3) is 5.04. The Labute approximate surface area is 266 Å². The number of hydrogen-bond donors (Lipinski definition) is 0. The largest absolute Gasteiger partial charge is 0.208 e. The number of halogens is 1. The molecule has 0 aliphatic rings. The van der Waals surface area contributed by atoms with Crippen molar-refractivity contribution in [3.05, 3.63) is 163 Å². The van der Waals surface area contributed by atoms with Gasteiger partial charge in [-0.3, -0.25) is 0 Å². The fourth-order valence-electron chi connectivity index (χ4n) is 5.96. The third-order valence-electron chi connectivity index (χ3n) is 8.22. The molecule has 0 bridgehead atoms. The van der Waals surface area contributed by atoms with E-state index in [0.29, 0.717) is 17.5 Å². The minimum Gasteiger partial charge on any atom is -0.208 e. The van der Waals surface area contributed by atoms with E-state index >= 15 is 0 Å². The van der Waals surface area contributed by atoms with Gasteiger partial charge in [0.1, 0.15) is 0 Å². The zero-order chi connectivity index (χ0) is 30.2. The van der Waals surface area contributed by atoms with Gasteiger partial charge in [0.2, 0.25) is 0 Å². The van der Waals surface area contributed by atoms with E-state index in [0.717, 1.165) is 59.9 Å². The van der Waals surface area contributed by atoms with Crippen molar-refractivity contribution in [2.45, 2.75) is 0 Å². The van der Waals surface area contributed by atoms with Crippen LogP contribution in [0, 0.1) is 0 Å². The molecule has 0 radical (unpaired) electrons. The van der Waals surface area contributed by atoms with Crippen LogP contribution in [-0.4, -0.2) is 15.0 Å². The monoisotopic (exact) mass is 595 g/mol. The van der Waals surface area contributed by atoms with Gasteiger partial charge in [-0.2, -0.15) is 0 Å². The van der Waals surface area contributed by atoms with Crippen molar-refractivity contribution in [3.63, 3.8) is 0 Å². The zero-order valence-electron chi connectivity index (χ0n) is 24.2. The molecule has 45 heavy (non-hydrogen) atoms. The third-order valence-corrected chi connectivity index (χ3v) is 8.62. The summed E-state index contributed by atoms with van der Waals surface area (Å²) in [5.74, 6) is 1.90. The molecule has 0 spiro atoms. The maximum Gasteiger partial charge on any atom is 0.164 e. The fourth-order valence-corrected chi connectivity index (χ4v) is 6.29. The maximum atomic E-state index is 6.89. The second kappa shape index (κ2) is 11.5. The quantitative estimate of drug-likeness (QED) is 0.186. The lowest BCUT2D eigenvalue weighted by molar-refractivity contribution is 1.07. The molecule has 212 valence electrons. The van der Waals surface area contributed by atoms with Crippen molar-refractivity contribution < 1.29 is 0 Å². The predicted molar refractivity (Wildman–Crippen MR) is 187 cm³/mol. The molecular formula is C41H26ClN3. The summed E-state index contributed by atoms with van der Waals surface area (Å²) in [5, 5.41) is 5.13. The van der Waals surface area contributed by atoms with Gasteiger partial charge in [-0.1, -0.05) is 169 Å². The maximum absolute atomic E-state index is 6.89. The first kappa shape index (κ1) is 26.9. The molecule has 7 aromatic carbocycles. The van der Waals surface area contributed by atoms with Crippen LogP contribution >= 0.6 is 11.6 Å². The van der Waals surface area contributed by atoms with Crippen LogP contribution in [0.25, 0.3) is 78.0 Å². The minimum absolute atomic E-state index is 0.628. The Morgan fingerprint density at radius 3 is 1.07 bits per heavy atom. The van der Waals surface area contributed by atoms with E-state index in [1.54, 1.807) is 0 Å². The van der Waals surface area contributed by atoms with Crippen LogP contribution in [0.2, 0.25) is 5.02 Å². The molecule has 0 saturated carbocycles. The smallest absolute Gasteiger partial charge is 0.164 e. The fraction of sp³-hybridized carbons (Fsp3) is 0. The van der Waals surface area contributed by atoms with E-state index in [-0.39, 0.29) is 0 Å². The Hall–Kier alpha value is -5.64. The van der Waals surface area contributed by atoms with Crippen LogP contribution in [0.5, 0.6) is 0 Å². The van der Waals surface area contributed by atoms with E-state index < -0.39 is 0 Å². The van der Waals surface area contributed by atoms with Gasteiger partial charge in [0.15, 0.2) is 17.5 Å². The Balaban J connectivity index is 1.24. The van der Waals surface area contributed by atoms with E-state index in [2.05, 4.69) is 109 Å². The molecule has 4 heteroatoms. The average Bonchev–Trinajstić information content (AvgIpc) is 3.13. The Bertz CT molecular complexity index is 2240. The molecule has 8 rings (SSSR count). The topological polar surface area (TPSA) is 38.7 Å². The van der Waals surface area contributed by atoms with Gasteiger partial charge in [-0.05, 0) is 33.0 Å². The average molecular weight is 596 g/mol. The van der Waals surface area contributed by atoms with E-state index in [4.69, 9.17) is 26.6 Å². The molecule has 0 N–H and O–H groups in total. The SMILES string of the molecule is Clc1c2ccccc2c(-c2ccc(-c3nc(-c4ccccc4)nc(-c4ccc(-c5ccccc5)cc4)n3)cc2)c2ccccc12. The van der Waals surface area contributed by atoms with Gasteiger partial charge in [-0.15, -0.1) is 0 Å². The number of rotatable bonds is 5. The molecule has 1 aromatic heterocycles. The van der Waals surface area contributed by atoms with Crippen molar-refractivity contribution in [2.75, 3.05) is 0 Å². The van der Waals surface area contributed by atoms with Crippen LogP contribution in [0.3, 0.4) is 0 Å². The summed E-state index contributed by atoms with van der Waals surface area (Å²) in [6, 6.07) is 54.0. The lowest BCUT2D eigenvalue weighted by atomic mass is 9.91. The second-order valence-corrected chi connectivity index (χ2v) is 11.4. The predicted octanol–water partition coefficient (Wildman–Crippen LogP) is 11.2. The van der Waals surface area contributed by atoms with Crippen LogP contribution in [-0.2, 0) is 0 Å². The number of benzene rings is 7. The van der Waals surface area contributed by atoms with Crippen LogP contribution in [0.4, 0.5) is 0 Å². The highest BCUT2D eigenvalue weighted by Crippen LogP contribution is 2.41. The first-order chi connectivity index (χ1) is 22.2. The Morgan fingerprint density at radius 1 is 0.289 bits per heavy atom. The van der Waals surface area contributed by atoms with Gasteiger partial charge in [0, 0.05) is 27.5 Å². The summed E-state index contributed by atoms with van der Waals surface area (Å²) in [6.45, 7) is 0. The number of aromatic nitrogens is 3. The van der Waals surface area contributed by atoms with Crippen molar-refractivity contribution in [2.24, 2.45) is 0 Å². The summed E-state index contributed by atoms with van der Waals surface area (Å²) in [6.07, 6.45) is 0. The van der Waals surface area contributed by atoms with Gasteiger partial charge in [0.05, 0.1) is 5.02 Å². The molecule has 0 amide bonds. The van der Waals surface area contributed by atoms with Gasteiger partial charge >= 0.3 is 0 Å². The molecular weight excluding hydrogens is 570 g/mol. The van der Waals surface area contributed by atoms with Gasteiger partial charge < -0.3 is 0 Å². The highest BCUT2D eigenvalue weighted by atomic mass is 35.5. The minimum atomic E-state index is 0.628. The molecule has 0 fully saturated rings. The number of nitrogens with zero attached hydrogens (tertiary/aromatic N) is 3. The van der Waals surface area contributed by atoms with Crippen LogP contribution in [0.1, 0.15) is 0 Å². The lowest BCUT2D eigenvalue weighted by Crippen LogP contribution is -2.00. The van der Waals surface area contributed by atoms with Crippen molar-refractivity contribution in [1.29, 1.82) is 0 Å². The molecule has 8 aromatic rings. The summed E-state index contributed by atoms with van der Waals surface area (Å²) < 4.78 is 0. The second-order valence-electron chi connectivity index (χ2n) is 11.0. The highest BCUT2D eigenvalue weighted by Gasteiger charge is 2.16. The van der Waals surface area contributed by atoms with E-state index in [1.165, 1.54) is 5.56 Å². The summed E-state index contributed by atoms with van der Waals surface area (Å²) >= 11 is 6.89. The van der Waals surface area contributed by atoms with Crippen molar-refractivity contribution in [1.82, 2.24) is 15.0 Å². The summed E-state index contributed by atoms with van der Waals surface area (Å²) in [5.41, 5.74) is 7.39. The van der Waals surface area contributed by atoms with Gasteiger partial charge in [0.25, 0.3) is 0 Å². The molecule has 0 aliphatic heterocycles. The molecule has 0 saturated heterocycles. The first-order valence-corrected chi connectivity index (χ1v) is 15.3.